The summed E-state index contributed by atoms with van der Waals surface area (Å²) in [5.41, 5.74) is 0. The van der Waals surface area contributed by atoms with E-state index < -0.39 is 0 Å². The third-order valence-electron chi connectivity index (χ3n) is 1.76. The Balaban J connectivity index is 2.21. The molecule has 2 rings (SSSR count). The van der Waals surface area contributed by atoms with E-state index in [-0.39, 0.29) is 11.7 Å². The third kappa shape index (κ3) is 1.38. The van der Waals surface area contributed by atoms with Gasteiger partial charge >= 0.3 is 0 Å². The summed E-state index contributed by atoms with van der Waals surface area (Å²) in [5.74, 6) is 0.878. The van der Waals surface area contributed by atoms with Gasteiger partial charge in [-0.15, -0.1) is 0 Å². The van der Waals surface area contributed by atoms with E-state index in [9.17, 15) is 4.79 Å². The van der Waals surface area contributed by atoms with Crippen molar-refractivity contribution in [3.8, 4) is 0 Å². The van der Waals surface area contributed by atoms with Crippen molar-refractivity contribution < 1.29 is 9.21 Å². The summed E-state index contributed by atoms with van der Waals surface area (Å²) in [4.78, 5) is 11.3. The molecule has 0 saturated heterocycles. The fourth-order valence-corrected chi connectivity index (χ4v) is 1.30. The summed E-state index contributed by atoms with van der Waals surface area (Å²) in [7, 11) is 0. The van der Waals surface area contributed by atoms with Crippen molar-refractivity contribution in [3.63, 3.8) is 0 Å². The molecule has 58 valence electrons. The van der Waals surface area contributed by atoms with Crippen LogP contribution in [0.15, 0.2) is 21.2 Å². The molecule has 1 heterocycles. The molecule has 0 N–H and O–H groups in total. The normalized spacial score (nSPS) is 16.8. The fourth-order valence-electron chi connectivity index (χ4n) is 0.993. The minimum Gasteiger partial charge on any atom is -0.446 e. The summed E-state index contributed by atoms with van der Waals surface area (Å²) in [5, 5.41) is 0. The van der Waals surface area contributed by atoms with Gasteiger partial charge in [0.25, 0.3) is 0 Å². The molecule has 1 aromatic rings. The largest absolute Gasteiger partial charge is 0.446 e. The maximum Gasteiger partial charge on any atom is 0.201 e. The first-order valence-electron chi connectivity index (χ1n) is 3.57. The van der Waals surface area contributed by atoms with E-state index in [0.29, 0.717) is 10.4 Å². The van der Waals surface area contributed by atoms with Gasteiger partial charge in [0, 0.05) is 5.92 Å². The summed E-state index contributed by atoms with van der Waals surface area (Å²) >= 11 is 3.15. The van der Waals surface area contributed by atoms with Crippen LogP contribution in [0, 0.1) is 5.92 Å². The van der Waals surface area contributed by atoms with Crippen molar-refractivity contribution in [1.29, 1.82) is 0 Å². The van der Waals surface area contributed by atoms with Gasteiger partial charge in [0.05, 0.1) is 0 Å². The number of carbonyl (C=O) groups is 1. The second-order valence-electron chi connectivity index (χ2n) is 2.74. The van der Waals surface area contributed by atoms with Crippen LogP contribution in [0.4, 0.5) is 0 Å². The highest BCUT2D eigenvalue weighted by atomic mass is 79.9. The molecule has 2 nitrogen and oxygen atoms in total. The Hall–Kier alpha value is -0.570. The van der Waals surface area contributed by atoms with Crippen LogP contribution in [0.5, 0.6) is 0 Å². The predicted octanol–water partition coefficient (Wildman–Crippen LogP) is 2.63. The van der Waals surface area contributed by atoms with E-state index in [2.05, 4.69) is 15.9 Å². The molecule has 1 saturated carbocycles. The minimum atomic E-state index is 0.149. The van der Waals surface area contributed by atoms with Gasteiger partial charge in [0.2, 0.25) is 5.78 Å². The van der Waals surface area contributed by atoms with Crippen LogP contribution in [0.25, 0.3) is 0 Å². The van der Waals surface area contributed by atoms with Gasteiger partial charge in [-0.2, -0.15) is 0 Å². The second kappa shape index (κ2) is 2.48. The van der Waals surface area contributed by atoms with Crippen LogP contribution < -0.4 is 0 Å². The van der Waals surface area contributed by atoms with Crippen molar-refractivity contribution in [1.82, 2.24) is 0 Å². The zero-order valence-corrected chi connectivity index (χ0v) is 7.43. The Morgan fingerprint density at radius 2 is 2.27 bits per heavy atom. The Bertz CT molecular complexity index is 286. The minimum absolute atomic E-state index is 0.149. The topological polar surface area (TPSA) is 30.2 Å². The molecule has 0 atom stereocenters. The molecule has 11 heavy (non-hydrogen) atoms. The van der Waals surface area contributed by atoms with Crippen molar-refractivity contribution in [2.45, 2.75) is 12.8 Å². The average molecular weight is 215 g/mol. The molecule has 3 heteroatoms. The Kier molecular flexibility index (Phi) is 1.60. The third-order valence-corrected chi connectivity index (χ3v) is 2.19. The van der Waals surface area contributed by atoms with E-state index in [1.807, 2.05) is 0 Å². The predicted molar refractivity (Wildman–Crippen MR) is 43.5 cm³/mol. The summed E-state index contributed by atoms with van der Waals surface area (Å²) in [6.45, 7) is 0. The van der Waals surface area contributed by atoms with Crippen LogP contribution in [0.1, 0.15) is 23.4 Å². The molecule has 0 spiro atoms. The van der Waals surface area contributed by atoms with E-state index in [1.165, 1.54) is 0 Å². The molecular formula is C8H7BrO2. The van der Waals surface area contributed by atoms with Gasteiger partial charge in [-0.1, -0.05) is 0 Å². The van der Waals surface area contributed by atoms with Crippen LogP contribution >= 0.6 is 15.9 Å². The molecule has 1 aliphatic rings. The van der Waals surface area contributed by atoms with Gasteiger partial charge in [-0.3, -0.25) is 4.79 Å². The van der Waals surface area contributed by atoms with E-state index >= 15 is 0 Å². The maximum atomic E-state index is 11.3. The van der Waals surface area contributed by atoms with Crippen LogP contribution in [0.3, 0.4) is 0 Å². The lowest BCUT2D eigenvalue weighted by molar-refractivity contribution is 0.0939. The molecule has 0 bridgehead atoms. The number of ketones is 1. The number of hydrogen-bond acceptors (Lipinski definition) is 2. The van der Waals surface area contributed by atoms with Crippen molar-refractivity contribution in [3.05, 3.63) is 22.6 Å². The SMILES string of the molecule is O=C(c1ccc(Br)o1)C1CC1. The van der Waals surface area contributed by atoms with Crippen LogP contribution in [-0.4, -0.2) is 5.78 Å². The molecule has 1 aromatic heterocycles. The first-order chi connectivity index (χ1) is 5.27. The standard InChI is InChI=1S/C8H7BrO2/c9-7-4-3-6(11-7)8(10)5-1-2-5/h3-5H,1-2H2. The van der Waals surface area contributed by atoms with Crippen LogP contribution in [0.2, 0.25) is 0 Å². The lowest BCUT2D eigenvalue weighted by Crippen LogP contribution is -1.98. The van der Waals surface area contributed by atoms with Crippen molar-refractivity contribution >= 4 is 21.7 Å². The number of rotatable bonds is 2. The van der Waals surface area contributed by atoms with E-state index in [1.54, 1.807) is 12.1 Å². The number of hydrogen-bond donors (Lipinski definition) is 0. The number of Topliss-reactive ketones (excluding diaryl/α,β-unsaturated/α-hetero) is 1. The van der Waals surface area contributed by atoms with Crippen molar-refractivity contribution in [2.75, 3.05) is 0 Å². The Morgan fingerprint density at radius 3 is 2.73 bits per heavy atom. The monoisotopic (exact) mass is 214 g/mol. The highest BCUT2D eigenvalue weighted by molar-refractivity contribution is 9.10. The number of furan rings is 1. The molecule has 0 radical (unpaired) electrons. The highest BCUT2D eigenvalue weighted by Crippen LogP contribution is 2.33. The molecule has 0 unspecified atom stereocenters. The lowest BCUT2D eigenvalue weighted by atomic mass is 10.2. The Morgan fingerprint density at radius 1 is 1.55 bits per heavy atom. The summed E-state index contributed by atoms with van der Waals surface area (Å²) in [6, 6.07) is 3.46. The van der Waals surface area contributed by atoms with E-state index in [4.69, 9.17) is 4.42 Å². The van der Waals surface area contributed by atoms with Gasteiger partial charge in [0.1, 0.15) is 0 Å². The zero-order valence-electron chi connectivity index (χ0n) is 5.84. The first kappa shape index (κ1) is 7.10. The Labute approximate surface area is 72.7 Å². The van der Waals surface area contributed by atoms with Crippen LogP contribution in [-0.2, 0) is 0 Å². The zero-order chi connectivity index (χ0) is 7.84. The molecule has 0 amide bonds. The molecule has 1 aliphatic carbocycles. The maximum absolute atomic E-state index is 11.3. The number of halogens is 1. The van der Waals surface area contributed by atoms with Gasteiger partial charge in [-0.25, -0.2) is 0 Å². The van der Waals surface area contributed by atoms with Crippen molar-refractivity contribution in [2.24, 2.45) is 5.92 Å². The summed E-state index contributed by atoms with van der Waals surface area (Å²) in [6.07, 6.45) is 2.05. The van der Waals surface area contributed by atoms with E-state index in [0.717, 1.165) is 12.8 Å². The quantitative estimate of drug-likeness (QED) is 0.709. The molecule has 1 fully saturated rings. The van der Waals surface area contributed by atoms with Gasteiger partial charge in [0.15, 0.2) is 10.4 Å². The summed E-state index contributed by atoms with van der Waals surface area (Å²) < 4.78 is 5.74. The van der Waals surface area contributed by atoms with Gasteiger partial charge < -0.3 is 4.42 Å². The molecular weight excluding hydrogens is 208 g/mol. The first-order valence-corrected chi connectivity index (χ1v) is 4.36. The average Bonchev–Trinajstić information content (AvgIpc) is 2.74. The highest BCUT2D eigenvalue weighted by Gasteiger charge is 2.32. The smallest absolute Gasteiger partial charge is 0.201 e. The fraction of sp³-hybridized carbons (Fsp3) is 0.375. The molecule has 0 aromatic carbocycles. The number of carbonyl (C=O) groups excluding carboxylic acids is 1. The second-order valence-corrected chi connectivity index (χ2v) is 3.52. The van der Waals surface area contributed by atoms with Gasteiger partial charge in [-0.05, 0) is 40.9 Å². The lowest BCUT2D eigenvalue weighted by Gasteiger charge is -1.89. The molecule has 0 aliphatic heterocycles.